The van der Waals surface area contributed by atoms with Gasteiger partial charge in [-0.05, 0) is 105 Å². The Morgan fingerprint density at radius 2 is 1.69 bits per heavy atom. The molecule has 12 heteroatoms. The first-order valence-electron chi connectivity index (χ1n) is 17.5. The molecule has 2 fully saturated rings. The fourth-order valence-electron chi connectivity index (χ4n) is 7.34. The van der Waals surface area contributed by atoms with Gasteiger partial charge < -0.3 is 11.1 Å². The zero-order valence-corrected chi connectivity index (χ0v) is 29.0. The van der Waals surface area contributed by atoms with Crippen molar-refractivity contribution in [1.82, 2.24) is 25.4 Å². The summed E-state index contributed by atoms with van der Waals surface area (Å²) in [6.07, 6.45) is 0.241. The quantitative estimate of drug-likeness (QED) is 0.111. The van der Waals surface area contributed by atoms with Crippen LogP contribution in [0, 0.1) is 6.92 Å². The van der Waals surface area contributed by atoms with Crippen LogP contribution in [0.2, 0.25) is 0 Å². The van der Waals surface area contributed by atoms with Crippen LogP contribution in [0.15, 0.2) is 79.0 Å². The Bertz CT molecular complexity index is 2130. The number of rotatable bonds is 8. The summed E-state index contributed by atoms with van der Waals surface area (Å²) < 4.78 is 40.5. The number of fused-ring (bicyclic) bond motifs is 1. The lowest BCUT2D eigenvalue weighted by Gasteiger charge is -2.32. The number of alkyl halides is 3. The number of aromatic nitrogens is 3. The van der Waals surface area contributed by atoms with Gasteiger partial charge in [-0.1, -0.05) is 42.5 Å². The van der Waals surface area contributed by atoms with Crippen molar-refractivity contribution in [3.8, 4) is 11.3 Å². The molecule has 2 atom stereocenters. The van der Waals surface area contributed by atoms with Crippen molar-refractivity contribution in [2.75, 3.05) is 24.1 Å². The number of amides is 2. The van der Waals surface area contributed by atoms with Gasteiger partial charge in [0.05, 0.1) is 28.9 Å². The van der Waals surface area contributed by atoms with Crippen molar-refractivity contribution in [3.63, 3.8) is 0 Å². The third kappa shape index (κ3) is 7.62. The van der Waals surface area contributed by atoms with E-state index in [0.717, 1.165) is 72.2 Å². The SMILES string of the molecule is Cc1nnc(N[C@H](C)c2cc(N)cc(C(F)(F)F)c2)c2cc(-c3cccc(CN4CCC(c5ccc(C6CCC(=O)NC6=O)cc5)CC4)c3)ncc12. The molecule has 0 saturated carbocycles. The predicted molar refractivity (Wildman–Crippen MR) is 194 cm³/mol. The van der Waals surface area contributed by atoms with Gasteiger partial charge in [0.1, 0.15) is 0 Å². The molecule has 2 aliphatic rings. The highest BCUT2D eigenvalue weighted by atomic mass is 19.4. The molecule has 4 N–H and O–H groups in total. The minimum absolute atomic E-state index is 0.0346. The van der Waals surface area contributed by atoms with Gasteiger partial charge >= 0.3 is 6.18 Å². The summed E-state index contributed by atoms with van der Waals surface area (Å²) in [5.74, 6) is 0.207. The molecule has 52 heavy (non-hydrogen) atoms. The van der Waals surface area contributed by atoms with Crippen molar-refractivity contribution in [3.05, 3.63) is 113 Å². The van der Waals surface area contributed by atoms with Crippen LogP contribution >= 0.6 is 0 Å². The summed E-state index contributed by atoms with van der Waals surface area (Å²) in [5, 5.41) is 15.9. The highest BCUT2D eigenvalue weighted by molar-refractivity contribution is 6.01. The van der Waals surface area contributed by atoms with Gasteiger partial charge in [0.15, 0.2) is 5.82 Å². The average molecular weight is 708 g/mol. The predicted octanol–water partition coefficient (Wildman–Crippen LogP) is 7.67. The van der Waals surface area contributed by atoms with E-state index in [1.165, 1.54) is 17.2 Å². The lowest BCUT2D eigenvalue weighted by Crippen LogP contribution is -2.39. The van der Waals surface area contributed by atoms with E-state index in [1.807, 2.05) is 37.3 Å². The number of carbonyl (C=O) groups is 2. The maximum atomic E-state index is 13.5. The Balaban J connectivity index is 1.03. The number of nitrogen functional groups attached to an aromatic ring is 1. The molecule has 0 radical (unpaired) electrons. The molecule has 0 aliphatic carbocycles. The Morgan fingerprint density at radius 3 is 2.42 bits per heavy atom. The van der Waals surface area contributed by atoms with Gasteiger partial charge in [0.2, 0.25) is 11.8 Å². The fraction of sp³-hybridized carbons (Fsp3) is 0.325. The van der Waals surface area contributed by atoms with Crippen molar-refractivity contribution in [2.45, 2.75) is 70.1 Å². The molecule has 2 aromatic heterocycles. The topological polar surface area (TPSA) is 126 Å². The molecule has 0 spiro atoms. The molecule has 4 heterocycles. The molecule has 5 aromatic rings. The minimum atomic E-state index is -4.51. The van der Waals surface area contributed by atoms with E-state index in [1.54, 1.807) is 13.1 Å². The fourth-order valence-corrected chi connectivity index (χ4v) is 7.34. The number of hydrogen-bond donors (Lipinski definition) is 3. The van der Waals surface area contributed by atoms with E-state index in [0.29, 0.717) is 35.8 Å². The largest absolute Gasteiger partial charge is 0.416 e. The van der Waals surface area contributed by atoms with Crippen molar-refractivity contribution < 1.29 is 22.8 Å². The number of imide groups is 1. The maximum absolute atomic E-state index is 13.5. The molecule has 268 valence electrons. The van der Waals surface area contributed by atoms with Crippen LogP contribution < -0.4 is 16.4 Å². The minimum Gasteiger partial charge on any atom is -0.399 e. The Kier molecular flexibility index (Phi) is 9.67. The van der Waals surface area contributed by atoms with Crippen molar-refractivity contribution >= 4 is 34.1 Å². The van der Waals surface area contributed by atoms with Crippen LogP contribution in [0.5, 0.6) is 0 Å². The first-order chi connectivity index (χ1) is 24.9. The van der Waals surface area contributed by atoms with E-state index in [-0.39, 0.29) is 23.4 Å². The zero-order valence-electron chi connectivity index (χ0n) is 29.0. The lowest BCUT2D eigenvalue weighted by atomic mass is 9.86. The number of anilines is 2. The van der Waals surface area contributed by atoms with E-state index in [4.69, 9.17) is 10.7 Å². The number of likely N-dealkylation sites (tertiary alicyclic amines) is 1. The van der Waals surface area contributed by atoms with Crippen molar-refractivity contribution in [2.24, 2.45) is 0 Å². The van der Waals surface area contributed by atoms with Crippen LogP contribution in [0.25, 0.3) is 22.0 Å². The number of pyridine rings is 1. The monoisotopic (exact) mass is 707 g/mol. The van der Waals surface area contributed by atoms with E-state index in [2.05, 4.69) is 50.0 Å². The first-order valence-corrected chi connectivity index (χ1v) is 17.5. The summed E-state index contributed by atoms with van der Waals surface area (Å²) in [6.45, 7) is 6.33. The summed E-state index contributed by atoms with van der Waals surface area (Å²) in [6, 6.07) is 21.6. The summed E-state index contributed by atoms with van der Waals surface area (Å²) >= 11 is 0. The molecule has 2 amide bonds. The first kappa shape index (κ1) is 35.1. The lowest BCUT2D eigenvalue weighted by molar-refractivity contribution is -0.138. The summed E-state index contributed by atoms with van der Waals surface area (Å²) in [7, 11) is 0. The number of aryl methyl sites for hydroxylation is 1. The van der Waals surface area contributed by atoms with Gasteiger partial charge in [-0.15, -0.1) is 5.10 Å². The highest BCUT2D eigenvalue weighted by Gasteiger charge is 2.32. The number of piperidine rings is 2. The Labute approximate surface area is 299 Å². The van der Waals surface area contributed by atoms with Gasteiger partial charge in [0.25, 0.3) is 0 Å². The van der Waals surface area contributed by atoms with E-state index >= 15 is 0 Å². The van der Waals surface area contributed by atoms with E-state index in [9.17, 15) is 22.8 Å². The summed E-state index contributed by atoms with van der Waals surface area (Å²) in [5.41, 5.74) is 11.2. The zero-order chi connectivity index (χ0) is 36.6. The van der Waals surface area contributed by atoms with Gasteiger partial charge in [-0.2, -0.15) is 18.3 Å². The number of nitrogens with zero attached hydrogens (tertiary/aromatic N) is 4. The van der Waals surface area contributed by atoms with Gasteiger partial charge in [-0.3, -0.25) is 24.8 Å². The maximum Gasteiger partial charge on any atom is 0.416 e. The van der Waals surface area contributed by atoms with Gasteiger partial charge in [0, 0.05) is 41.2 Å². The smallest absolute Gasteiger partial charge is 0.399 e. The average Bonchev–Trinajstić information content (AvgIpc) is 3.12. The number of nitrogens with one attached hydrogen (secondary N) is 2. The standard InChI is InChI=1S/C40H40F3N7O2/c1-23(30-17-31(40(41,42)43)19-32(44)18-30)46-38-34-20-36(45-21-35(34)24(2)48-49-38)29-5-3-4-25(16-29)22-50-14-12-27(13-15-50)26-6-8-28(9-7-26)33-10-11-37(51)47-39(33)52/h3-9,16-21,23,27,33H,10-15,22,44H2,1-2H3,(H,46,49)(H,47,51,52)/t23-,33?/m1/s1. The third-order valence-electron chi connectivity index (χ3n) is 10.3. The molecular weight excluding hydrogens is 667 g/mol. The second kappa shape index (κ2) is 14.3. The van der Waals surface area contributed by atoms with Crippen LogP contribution in [0.4, 0.5) is 24.7 Å². The molecule has 3 aromatic carbocycles. The molecule has 9 nitrogen and oxygen atoms in total. The molecule has 2 saturated heterocycles. The van der Waals surface area contributed by atoms with Crippen LogP contribution in [0.3, 0.4) is 0 Å². The number of halogens is 3. The van der Waals surface area contributed by atoms with E-state index < -0.39 is 17.8 Å². The number of carbonyl (C=O) groups excluding carboxylic acids is 2. The third-order valence-corrected chi connectivity index (χ3v) is 10.3. The van der Waals surface area contributed by atoms with Crippen LogP contribution in [-0.4, -0.2) is 45.0 Å². The Morgan fingerprint density at radius 1 is 0.942 bits per heavy atom. The van der Waals surface area contributed by atoms with Crippen molar-refractivity contribution in [1.29, 1.82) is 0 Å². The van der Waals surface area contributed by atoms with Crippen LogP contribution in [-0.2, 0) is 22.3 Å². The molecule has 0 bridgehead atoms. The second-order valence-electron chi connectivity index (χ2n) is 13.9. The molecular formula is C40H40F3N7O2. The molecule has 1 unspecified atom stereocenters. The molecule has 2 aliphatic heterocycles. The second-order valence-corrected chi connectivity index (χ2v) is 13.9. The molecule has 7 rings (SSSR count). The highest BCUT2D eigenvalue weighted by Crippen LogP contribution is 2.35. The summed E-state index contributed by atoms with van der Waals surface area (Å²) in [4.78, 5) is 31.0. The Hall–Kier alpha value is -5.36. The number of hydrogen-bond acceptors (Lipinski definition) is 8. The number of benzene rings is 3. The van der Waals surface area contributed by atoms with Crippen LogP contribution in [0.1, 0.15) is 84.0 Å². The number of nitrogens with two attached hydrogens (primary N) is 1. The van der Waals surface area contributed by atoms with Gasteiger partial charge in [-0.25, -0.2) is 0 Å². The normalized spacial score (nSPS) is 18.0.